The molecule has 1 aromatic heterocycles. The number of hydrogen-bond donors (Lipinski definition) is 2. The van der Waals surface area contributed by atoms with E-state index in [0.29, 0.717) is 26.8 Å². The van der Waals surface area contributed by atoms with Gasteiger partial charge in [-0.1, -0.05) is 65.1 Å². The van der Waals surface area contributed by atoms with E-state index in [9.17, 15) is 18.0 Å². The molecule has 38 heavy (non-hydrogen) atoms. The molecule has 1 atom stereocenters. The monoisotopic (exact) mass is 554 g/mol. The zero-order valence-corrected chi connectivity index (χ0v) is 22.5. The topological polar surface area (TPSA) is 71.2 Å². The molecule has 196 valence electrons. The third kappa shape index (κ3) is 5.43. The Kier molecular flexibility index (Phi) is 6.97. The molecule has 0 spiro atoms. The Morgan fingerprint density at radius 3 is 2.47 bits per heavy atom. The van der Waals surface area contributed by atoms with Crippen LogP contribution in [0.5, 0.6) is 0 Å². The number of alkyl halides is 3. The van der Waals surface area contributed by atoms with Crippen LogP contribution in [-0.2, 0) is 17.4 Å². The molecule has 10 heteroatoms. The number of hydrogen-bond acceptors (Lipinski definition) is 6. The van der Waals surface area contributed by atoms with Crippen LogP contribution < -0.4 is 16.0 Å². The summed E-state index contributed by atoms with van der Waals surface area (Å²) in [6.45, 7) is 3.59. The smallest absolute Gasteiger partial charge is 0.349 e. The highest BCUT2D eigenvalue weighted by Crippen LogP contribution is 2.43. The molecule has 0 bridgehead atoms. The van der Waals surface area contributed by atoms with Gasteiger partial charge in [0.1, 0.15) is 5.50 Å². The van der Waals surface area contributed by atoms with E-state index in [-0.39, 0.29) is 17.8 Å². The molecule has 4 aromatic rings. The van der Waals surface area contributed by atoms with E-state index in [4.69, 9.17) is 5.73 Å². The van der Waals surface area contributed by atoms with Crippen molar-refractivity contribution in [2.75, 3.05) is 17.3 Å². The van der Waals surface area contributed by atoms with Gasteiger partial charge in [-0.25, -0.2) is 4.98 Å². The van der Waals surface area contributed by atoms with Crippen molar-refractivity contribution in [3.8, 4) is 21.7 Å². The number of thiazole rings is 1. The summed E-state index contributed by atoms with van der Waals surface area (Å²) < 4.78 is 40.7. The van der Waals surface area contributed by atoms with Crippen molar-refractivity contribution in [3.63, 3.8) is 0 Å². The van der Waals surface area contributed by atoms with E-state index in [2.05, 4.69) is 10.3 Å². The number of nitrogens with zero attached hydrogens (tertiary/aromatic N) is 2. The summed E-state index contributed by atoms with van der Waals surface area (Å²) >= 11 is 2.69. The van der Waals surface area contributed by atoms with Crippen molar-refractivity contribution in [3.05, 3.63) is 82.9 Å². The quantitative estimate of drug-likeness (QED) is 0.276. The number of nitrogens with two attached hydrogens (primary N) is 1. The normalized spacial score (nSPS) is 15.0. The second kappa shape index (κ2) is 10.1. The largest absolute Gasteiger partial charge is 0.416 e. The summed E-state index contributed by atoms with van der Waals surface area (Å²) in [5.74, 6) is -0.262. The zero-order chi connectivity index (χ0) is 27.2. The summed E-state index contributed by atoms with van der Waals surface area (Å²) in [4.78, 5) is 21.2. The van der Waals surface area contributed by atoms with Gasteiger partial charge in [0, 0.05) is 17.5 Å². The van der Waals surface area contributed by atoms with Crippen molar-refractivity contribution in [1.82, 2.24) is 4.98 Å². The Balaban J connectivity index is 1.46. The average molecular weight is 555 g/mol. The minimum Gasteiger partial charge on any atom is -0.349 e. The molecule has 3 aromatic carbocycles. The number of carbonyl (C=O) groups is 1. The number of amides is 1. The summed E-state index contributed by atoms with van der Waals surface area (Å²) in [6, 6.07) is 17.4. The van der Waals surface area contributed by atoms with Gasteiger partial charge in [0.25, 0.3) is 0 Å². The summed E-state index contributed by atoms with van der Waals surface area (Å²) in [7, 11) is 1.92. The maximum absolute atomic E-state index is 13.6. The SMILES string of the molecule is Cc1ccc(-c2nc(NC(=O)Cc3ccc4c(c3)SC(N)N4C)sc2-c2cc(C)cc(C(F)(F)F)c2)cc1. The number of fused-ring (bicyclic) bond motifs is 1. The van der Waals surface area contributed by atoms with Gasteiger partial charge in [-0.15, -0.1) is 0 Å². The van der Waals surface area contributed by atoms with Crippen LogP contribution in [0.3, 0.4) is 0 Å². The first-order valence-electron chi connectivity index (χ1n) is 11.8. The van der Waals surface area contributed by atoms with E-state index in [1.807, 2.05) is 61.3 Å². The molecule has 1 amide bonds. The highest BCUT2D eigenvalue weighted by molar-refractivity contribution is 8.00. The van der Waals surface area contributed by atoms with Gasteiger partial charge in [0.2, 0.25) is 5.91 Å². The summed E-state index contributed by atoms with van der Waals surface area (Å²) in [5.41, 5.74) is 10.3. The van der Waals surface area contributed by atoms with Crippen LogP contribution in [0.1, 0.15) is 22.3 Å². The third-order valence-electron chi connectivity index (χ3n) is 6.26. The summed E-state index contributed by atoms with van der Waals surface area (Å²) in [6.07, 6.45) is -4.34. The molecule has 1 aliphatic heterocycles. The zero-order valence-electron chi connectivity index (χ0n) is 20.9. The third-order valence-corrected chi connectivity index (χ3v) is 8.42. The van der Waals surface area contributed by atoms with Gasteiger partial charge in [0.05, 0.1) is 28.2 Å². The Bertz CT molecular complexity index is 1520. The molecule has 0 saturated heterocycles. The molecule has 3 N–H and O–H groups in total. The van der Waals surface area contributed by atoms with E-state index >= 15 is 0 Å². The molecular formula is C28H25F3N4OS2. The van der Waals surface area contributed by atoms with Gasteiger partial charge in [-0.3, -0.25) is 4.79 Å². The molecule has 5 nitrogen and oxygen atoms in total. The maximum Gasteiger partial charge on any atom is 0.416 e. The molecule has 5 rings (SSSR count). The maximum atomic E-state index is 13.6. The molecule has 0 aliphatic carbocycles. The van der Waals surface area contributed by atoms with E-state index in [1.165, 1.54) is 11.8 Å². The Hall–Kier alpha value is -3.34. The minimum absolute atomic E-state index is 0.129. The predicted molar refractivity (Wildman–Crippen MR) is 148 cm³/mol. The van der Waals surface area contributed by atoms with Crippen LogP contribution in [-0.4, -0.2) is 23.4 Å². The molecule has 0 fully saturated rings. The highest BCUT2D eigenvalue weighted by Gasteiger charge is 2.31. The highest BCUT2D eigenvalue weighted by atomic mass is 32.2. The van der Waals surface area contributed by atoms with Crippen LogP contribution in [0.25, 0.3) is 21.7 Å². The van der Waals surface area contributed by atoms with Crippen molar-refractivity contribution >= 4 is 39.8 Å². The lowest BCUT2D eigenvalue weighted by molar-refractivity contribution is -0.137. The molecule has 1 aliphatic rings. The van der Waals surface area contributed by atoms with Crippen molar-refractivity contribution in [2.24, 2.45) is 5.73 Å². The number of aryl methyl sites for hydroxylation is 2. The van der Waals surface area contributed by atoms with Gasteiger partial charge < -0.3 is 16.0 Å². The van der Waals surface area contributed by atoms with Crippen LogP contribution in [0, 0.1) is 13.8 Å². The summed E-state index contributed by atoms with van der Waals surface area (Å²) in [5, 5.41) is 3.18. The first-order chi connectivity index (χ1) is 18.0. The first-order valence-corrected chi connectivity index (χ1v) is 13.5. The number of carbonyl (C=O) groups excluding carboxylic acids is 1. The molecular weight excluding hydrogens is 529 g/mol. The van der Waals surface area contributed by atoms with Crippen LogP contribution in [0.15, 0.2) is 65.6 Å². The number of nitrogens with one attached hydrogen (secondary N) is 1. The predicted octanol–water partition coefficient (Wildman–Crippen LogP) is 7.08. The number of rotatable bonds is 5. The van der Waals surface area contributed by atoms with Gasteiger partial charge >= 0.3 is 6.18 Å². The number of thioether (sulfide) groups is 1. The molecule has 2 heterocycles. The van der Waals surface area contributed by atoms with Crippen LogP contribution in [0.2, 0.25) is 0 Å². The van der Waals surface area contributed by atoms with Crippen molar-refractivity contribution in [1.29, 1.82) is 0 Å². The fraction of sp³-hybridized carbons (Fsp3) is 0.214. The van der Waals surface area contributed by atoms with Gasteiger partial charge in [0.15, 0.2) is 5.13 Å². The average Bonchev–Trinajstić information content (AvgIpc) is 3.38. The number of anilines is 2. The molecule has 1 unspecified atom stereocenters. The fourth-order valence-electron chi connectivity index (χ4n) is 4.30. The second-order valence-corrected chi connectivity index (χ2v) is 11.5. The second-order valence-electron chi connectivity index (χ2n) is 9.29. The van der Waals surface area contributed by atoms with E-state index < -0.39 is 11.7 Å². The lowest BCUT2D eigenvalue weighted by atomic mass is 10.0. The lowest BCUT2D eigenvalue weighted by Crippen LogP contribution is -2.32. The standard InChI is InChI=1S/C28H25F3N4OS2/c1-15-4-7-18(8-5-15)24-25(19-10-16(2)11-20(14-19)28(29,30)31)38-27(34-24)33-23(36)13-17-6-9-21-22(12-17)37-26(32)35(21)3/h4-12,14,26H,13,32H2,1-3H3,(H,33,34,36). The van der Waals surface area contributed by atoms with Crippen molar-refractivity contribution < 1.29 is 18.0 Å². The Morgan fingerprint density at radius 1 is 1.03 bits per heavy atom. The van der Waals surface area contributed by atoms with Crippen LogP contribution >= 0.6 is 23.1 Å². The molecule has 0 saturated carbocycles. The first kappa shape index (κ1) is 26.3. The van der Waals surface area contributed by atoms with Crippen LogP contribution in [0.4, 0.5) is 24.0 Å². The number of halogens is 3. The molecule has 0 radical (unpaired) electrons. The fourth-order valence-corrected chi connectivity index (χ4v) is 6.38. The number of aromatic nitrogens is 1. The van der Waals surface area contributed by atoms with Gasteiger partial charge in [-0.2, -0.15) is 13.2 Å². The number of benzene rings is 3. The lowest BCUT2D eigenvalue weighted by Gasteiger charge is -2.16. The van der Waals surface area contributed by atoms with Crippen molar-refractivity contribution in [2.45, 2.75) is 36.8 Å². The van der Waals surface area contributed by atoms with E-state index in [0.717, 1.165) is 50.7 Å². The minimum atomic E-state index is -4.47. The Labute approximate surface area is 226 Å². The Morgan fingerprint density at radius 2 is 1.76 bits per heavy atom. The van der Waals surface area contributed by atoms with Gasteiger partial charge in [-0.05, 0) is 54.8 Å². The van der Waals surface area contributed by atoms with E-state index in [1.54, 1.807) is 13.0 Å².